The lowest BCUT2D eigenvalue weighted by Gasteiger charge is -2.28. The van der Waals surface area contributed by atoms with Crippen molar-refractivity contribution in [1.29, 1.82) is 5.26 Å². The number of carbonyl (C=O) groups excluding carboxylic acids is 1. The number of nitrogens with one attached hydrogen (secondary N) is 2. The molecule has 5 nitrogen and oxygen atoms in total. The van der Waals surface area contributed by atoms with E-state index < -0.39 is 24.2 Å². The van der Waals surface area contributed by atoms with Gasteiger partial charge in [0.05, 0.1) is 12.1 Å². The molecule has 1 amide bonds. The standard InChI is InChI=1S/C19H20BrF3N4OS/c1-11(2)9-14(17(28)25-8-7-24)26-16(19(21,22)23)12-3-5-13(6-4-12)18-27-15(20)10-29-18/h3-6,10-11,14,16,26H,8-9H2,1-2H3,(H,25,28)/t14-,16-/m0/s1. The maximum Gasteiger partial charge on any atom is 0.407 e. The van der Waals surface area contributed by atoms with Crippen LogP contribution < -0.4 is 10.6 Å². The van der Waals surface area contributed by atoms with Gasteiger partial charge in [-0.05, 0) is 33.8 Å². The van der Waals surface area contributed by atoms with Crippen LogP contribution >= 0.6 is 27.3 Å². The van der Waals surface area contributed by atoms with Crippen molar-refractivity contribution in [1.82, 2.24) is 15.6 Å². The molecule has 0 bridgehead atoms. The summed E-state index contributed by atoms with van der Waals surface area (Å²) >= 11 is 4.63. The quantitative estimate of drug-likeness (QED) is 0.522. The number of aromatic nitrogens is 1. The molecule has 29 heavy (non-hydrogen) atoms. The van der Waals surface area contributed by atoms with E-state index in [9.17, 15) is 18.0 Å². The van der Waals surface area contributed by atoms with Crippen LogP contribution in [0, 0.1) is 17.2 Å². The minimum atomic E-state index is -4.60. The molecular weight excluding hydrogens is 469 g/mol. The number of benzene rings is 1. The molecule has 2 atom stereocenters. The highest BCUT2D eigenvalue weighted by atomic mass is 79.9. The smallest absolute Gasteiger partial charge is 0.342 e. The molecular formula is C19H20BrF3N4OS. The van der Waals surface area contributed by atoms with Crippen molar-refractivity contribution < 1.29 is 18.0 Å². The zero-order valence-corrected chi connectivity index (χ0v) is 18.2. The van der Waals surface area contributed by atoms with E-state index in [1.165, 1.54) is 23.5 Å². The summed E-state index contributed by atoms with van der Waals surface area (Å²) in [6, 6.07) is 4.58. The fourth-order valence-corrected chi connectivity index (χ4v) is 4.02. The summed E-state index contributed by atoms with van der Waals surface area (Å²) in [5, 5.41) is 15.9. The van der Waals surface area contributed by atoms with Gasteiger partial charge >= 0.3 is 6.18 Å². The first-order valence-corrected chi connectivity index (χ1v) is 10.5. The number of amides is 1. The van der Waals surface area contributed by atoms with Crippen molar-refractivity contribution >= 4 is 33.2 Å². The number of hydrogen-bond donors (Lipinski definition) is 2. The first kappa shape index (κ1) is 23.3. The van der Waals surface area contributed by atoms with Gasteiger partial charge in [-0.1, -0.05) is 38.1 Å². The van der Waals surface area contributed by atoms with E-state index in [1.54, 1.807) is 23.6 Å². The van der Waals surface area contributed by atoms with Crippen LogP contribution in [0.3, 0.4) is 0 Å². The molecule has 0 unspecified atom stereocenters. The van der Waals surface area contributed by atoms with Crippen molar-refractivity contribution in [2.75, 3.05) is 6.54 Å². The summed E-state index contributed by atoms with van der Waals surface area (Å²) in [4.78, 5) is 16.5. The molecule has 1 aromatic carbocycles. The molecule has 0 fully saturated rings. The lowest BCUT2D eigenvalue weighted by atomic mass is 9.99. The van der Waals surface area contributed by atoms with Crippen LogP contribution in [0.1, 0.15) is 31.9 Å². The molecule has 10 heteroatoms. The van der Waals surface area contributed by atoms with Gasteiger partial charge in [-0.15, -0.1) is 11.3 Å². The Hall–Kier alpha value is -1.96. The Morgan fingerprint density at radius 1 is 1.31 bits per heavy atom. The number of nitrogens with zero attached hydrogens (tertiary/aromatic N) is 2. The van der Waals surface area contributed by atoms with Crippen LogP contribution in [0.25, 0.3) is 10.6 Å². The number of nitriles is 1. The molecule has 1 aromatic heterocycles. The lowest BCUT2D eigenvalue weighted by Crippen LogP contribution is -2.49. The van der Waals surface area contributed by atoms with E-state index in [4.69, 9.17) is 5.26 Å². The second kappa shape index (κ2) is 10.2. The van der Waals surface area contributed by atoms with Crippen LogP contribution in [0.2, 0.25) is 0 Å². The SMILES string of the molecule is CC(C)C[C@H](N[C@@H](c1ccc(-c2nc(Br)cs2)cc1)C(F)(F)F)C(=O)NCC#N. The highest BCUT2D eigenvalue weighted by Crippen LogP contribution is 2.35. The predicted molar refractivity (Wildman–Crippen MR) is 109 cm³/mol. The molecule has 2 N–H and O–H groups in total. The summed E-state index contributed by atoms with van der Waals surface area (Å²) < 4.78 is 42.0. The number of hydrogen-bond acceptors (Lipinski definition) is 5. The van der Waals surface area contributed by atoms with E-state index in [2.05, 4.69) is 31.5 Å². The third-order valence-corrected chi connectivity index (χ3v) is 5.63. The van der Waals surface area contributed by atoms with Crippen LogP contribution in [-0.4, -0.2) is 29.7 Å². The highest BCUT2D eigenvalue weighted by Gasteiger charge is 2.42. The molecule has 0 saturated heterocycles. The molecule has 2 aromatic rings. The van der Waals surface area contributed by atoms with Crippen LogP contribution in [0.5, 0.6) is 0 Å². The number of thiazole rings is 1. The molecule has 2 rings (SSSR count). The Kier molecular flexibility index (Phi) is 8.19. The fraction of sp³-hybridized carbons (Fsp3) is 0.421. The molecule has 156 valence electrons. The van der Waals surface area contributed by atoms with Gasteiger partial charge in [-0.3, -0.25) is 10.1 Å². The first-order chi connectivity index (χ1) is 13.6. The summed E-state index contributed by atoms with van der Waals surface area (Å²) in [7, 11) is 0. The largest absolute Gasteiger partial charge is 0.407 e. The summed E-state index contributed by atoms with van der Waals surface area (Å²) in [5.41, 5.74) is 0.703. The molecule has 0 aliphatic rings. The Morgan fingerprint density at radius 3 is 2.45 bits per heavy atom. The molecule has 0 aliphatic carbocycles. The zero-order chi connectivity index (χ0) is 21.6. The Bertz CT molecular complexity index is 862. The number of carbonyl (C=O) groups is 1. The second-order valence-electron chi connectivity index (χ2n) is 6.80. The number of halogens is 4. The monoisotopic (exact) mass is 488 g/mol. The van der Waals surface area contributed by atoms with Crippen molar-refractivity contribution in [3.05, 3.63) is 39.8 Å². The third-order valence-electron chi connectivity index (χ3n) is 4.03. The molecule has 0 spiro atoms. The molecule has 0 aliphatic heterocycles. The second-order valence-corrected chi connectivity index (χ2v) is 8.47. The van der Waals surface area contributed by atoms with Crippen molar-refractivity contribution in [3.8, 4) is 16.6 Å². The van der Waals surface area contributed by atoms with Crippen molar-refractivity contribution in [3.63, 3.8) is 0 Å². The van der Waals surface area contributed by atoms with E-state index in [1.807, 2.05) is 13.8 Å². The van der Waals surface area contributed by atoms with Gasteiger partial charge < -0.3 is 5.32 Å². The minimum Gasteiger partial charge on any atom is -0.342 e. The number of alkyl halides is 3. The van der Waals surface area contributed by atoms with Crippen LogP contribution in [-0.2, 0) is 4.79 Å². The summed E-state index contributed by atoms with van der Waals surface area (Å²) in [6.07, 6.45) is -4.40. The fourth-order valence-electron chi connectivity index (χ4n) is 2.76. The Morgan fingerprint density at radius 2 is 1.97 bits per heavy atom. The first-order valence-electron chi connectivity index (χ1n) is 8.80. The summed E-state index contributed by atoms with van der Waals surface area (Å²) in [6.45, 7) is 3.37. The maximum atomic E-state index is 13.8. The average Bonchev–Trinajstić information content (AvgIpc) is 3.08. The van der Waals surface area contributed by atoms with Gasteiger partial charge in [-0.25, -0.2) is 4.98 Å². The lowest BCUT2D eigenvalue weighted by molar-refractivity contribution is -0.161. The maximum absolute atomic E-state index is 13.8. The van der Waals surface area contributed by atoms with E-state index in [0.717, 1.165) is 0 Å². The minimum absolute atomic E-state index is 0.00119. The van der Waals surface area contributed by atoms with Gasteiger partial charge in [0.25, 0.3) is 0 Å². The van der Waals surface area contributed by atoms with Crippen LogP contribution in [0.4, 0.5) is 13.2 Å². The zero-order valence-electron chi connectivity index (χ0n) is 15.8. The Balaban J connectivity index is 2.27. The van der Waals surface area contributed by atoms with Gasteiger partial charge in [0.1, 0.15) is 22.2 Å². The topological polar surface area (TPSA) is 77.8 Å². The van der Waals surface area contributed by atoms with E-state index in [-0.39, 0.29) is 24.4 Å². The van der Waals surface area contributed by atoms with Crippen molar-refractivity contribution in [2.24, 2.45) is 5.92 Å². The molecule has 0 radical (unpaired) electrons. The van der Waals surface area contributed by atoms with E-state index >= 15 is 0 Å². The summed E-state index contributed by atoms with van der Waals surface area (Å²) in [5.74, 6) is -0.640. The predicted octanol–water partition coefficient (Wildman–Crippen LogP) is 4.82. The van der Waals surface area contributed by atoms with Crippen molar-refractivity contribution in [2.45, 2.75) is 38.5 Å². The van der Waals surface area contributed by atoms with E-state index in [0.29, 0.717) is 15.2 Å². The van der Waals surface area contributed by atoms with Gasteiger partial charge in [-0.2, -0.15) is 18.4 Å². The molecule has 1 heterocycles. The normalized spacial score (nSPS) is 13.7. The molecule has 0 saturated carbocycles. The van der Waals surface area contributed by atoms with Gasteiger partial charge in [0.15, 0.2) is 0 Å². The Labute approximate surface area is 179 Å². The number of rotatable bonds is 8. The third kappa shape index (κ3) is 6.80. The average molecular weight is 489 g/mol. The van der Waals surface area contributed by atoms with Crippen LogP contribution in [0.15, 0.2) is 34.2 Å². The van der Waals surface area contributed by atoms with Gasteiger partial charge in [0.2, 0.25) is 5.91 Å². The highest BCUT2D eigenvalue weighted by molar-refractivity contribution is 9.10. The van der Waals surface area contributed by atoms with Gasteiger partial charge in [0, 0.05) is 10.9 Å².